The fraction of sp³-hybridized carbons (Fsp3) is 0.267. The van der Waals surface area contributed by atoms with Crippen LogP contribution in [0.5, 0.6) is 11.6 Å². The van der Waals surface area contributed by atoms with Gasteiger partial charge in [-0.1, -0.05) is 42.6 Å². The molecule has 0 aliphatic heterocycles. The number of benzene rings is 1. The molecule has 1 aromatic heterocycles. The summed E-state index contributed by atoms with van der Waals surface area (Å²) in [6.07, 6.45) is 1.80. The molecule has 3 nitrogen and oxygen atoms in total. The highest BCUT2D eigenvalue weighted by atomic mass is 35.5. The van der Waals surface area contributed by atoms with E-state index < -0.39 is 0 Å². The van der Waals surface area contributed by atoms with Gasteiger partial charge >= 0.3 is 0 Å². The zero-order valence-electron chi connectivity index (χ0n) is 11.1. The normalized spacial score (nSPS) is 10.6. The van der Waals surface area contributed by atoms with Crippen LogP contribution in [0, 0.1) is 0 Å². The molecule has 0 spiro atoms. The molecule has 5 heteroatoms. The molecule has 2 rings (SSSR count). The minimum Gasteiger partial charge on any atom is -0.437 e. The molecule has 0 saturated heterocycles. The van der Waals surface area contributed by atoms with Crippen LogP contribution < -0.4 is 4.74 Å². The smallest absolute Gasteiger partial charge is 0.219 e. The van der Waals surface area contributed by atoms with E-state index in [1.165, 1.54) is 0 Å². The van der Waals surface area contributed by atoms with E-state index in [4.69, 9.17) is 27.9 Å². The molecule has 0 fully saturated rings. The molecule has 0 saturated carbocycles. The van der Waals surface area contributed by atoms with Gasteiger partial charge in [0.25, 0.3) is 0 Å². The van der Waals surface area contributed by atoms with Crippen LogP contribution >= 0.6 is 23.2 Å². The highest BCUT2D eigenvalue weighted by Gasteiger charge is 2.09. The Morgan fingerprint density at radius 3 is 2.75 bits per heavy atom. The number of rotatable bonds is 5. The van der Waals surface area contributed by atoms with Crippen molar-refractivity contribution in [1.82, 2.24) is 4.98 Å². The molecule has 20 heavy (non-hydrogen) atoms. The second kappa shape index (κ2) is 6.93. The van der Waals surface area contributed by atoms with E-state index in [1.807, 2.05) is 6.07 Å². The molecule has 0 atom stereocenters. The third kappa shape index (κ3) is 3.63. The van der Waals surface area contributed by atoms with Crippen LogP contribution in [0.25, 0.3) is 0 Å². The second-order valence-corrected chi connectivity index (χ2v) is 5.15. The second-order valence-electron chi connectivity index (χ2n) is 4.37. The van der Waals surface area contributed by atoms with E-state index in [-0.39, 0.29) is 6.61 Å². The van der Waals surface area contributed by atoms with Crippen LogP contribution in [-0.4, -0.2) is 10.1 Å². The summed E-state index contributed by atoms with van der Waals surface area (Å²) in [5.41, 5.74) is 1.64. The lowest BCUT2D eigenvalue weighted by Crippen LogP contribution is -1.97. The molecule has 2 aromatic rings. The number of aryl methyl sites for hydroxylation is 1. The Morgan fingerprint density at radius 2 is 2.05 bits per heavy atom. The number of nitrogens with zero attached hydrogens (tertiary/aromatic N) is 1. The number of hydrogen-bond acceptors (Lipinski definition) is 3. The van der Waals surface area contributed by atoms with Crippen LogP contribution in [0.15, 0.2) is 30.3 Å². The van der Waals surface area contributed by atoms with Gasteiger partial charge < -0.3 is 9.84 Å². The molecular formula is C15H15Cl2NO2. The monoisotopic (exact) mass is 311 g/mol. The van der Waals surface area contributed by atoms with Gasteiger partial charge in [-0.2, -0.15) is 0 Å². The van der Waals surface area contributed by atoms with E-state index in [1.54, 1.807) is 24.3 Å². The van der Waals surface area contributed by atoms with Gasteiger partial charge in [-0.05, 0) is 30.2 Å². The van der Waals surface area contributed by atoms with Crippen molar-refractivity contribution in [3.63, 3.8) is 0 Å². The molecule has 0 amide bonds. The maximum Gasteiger partial charge on any atom is 0.219 e. The van der Waals surface area contributed by atoms with Crippen LogP contribution in [0.1, 0.15) is 24.6 Å². The predicted octanol–water partition coefficient (Wildman–Crippen LogP) is 4.63. The Bertz CT molecular complexity index is 602. The van der Waals surface area contributed by atoms with E-state index >= 15 is 0 Å². The summed E-state index contributed by atoms with van der Waals surface area (Å²) in [6, 6.07) is 8.73. The molecule has 0 aliphatic carbocycles. The minimum absolute atomic E-state index is 0.0567. The number of aliphatic hydroxyl groups excluding tert-OH is 1. The molecule has 0 radical (unpaired) electrons. The van der Waals surface area contributed by atoms with Crippen molar-refractivity contribution < 1.29 is 9.84 Å². The average Bonchev–Trinajstić information content (AvgIpc) is 2.44. The summed E-state index contributed by atoms with van der Waals surface area (Å²) < 4.78 is 5.68. The predicted molar refractivity (Wildman–Crippen MR) is 80.7 cm³/mol. The molecule has 0 unspecified atom stereocenters. The fourth-order valence-corrected chi connectivity index (χ4v) is 2.15. The van der Waals surface area contributed by atoms with E-state index in [2.05, 4.69) is 11.9 Å². The summed E-state index contributed by atoms with van der Waals surface area (Å²) in [5, 5.41) is 10.1. The van der Waals surface area contributed by atoms with E-state index in [9.17, 15) is 5.11 Å². The van der Waals surface area contributed by atoms with Crippen molar-refractivity contribution in [3.05, 3.63) is 51.6 Å². The molecule has 0 bridgehead atoms. The largest absolute Gasteiger partial charge is 0.437 e. The fourth-order valence-electron chi connectivity index (χ4n) is 1.82. The number of aliphatic hydroxyl groups is 1. The zero-order valence-corrected chi connectivity index (χ0v) is 12.6. The van der Waals surface area contributed by atoms with E-state index in [0.29, 0.717) is 21.7 Å². The third-order valence-electron chi connectivity index (χ3n) is 2.73. The first-order chi connectivity index (χ1) is 9.63. The van der Waals surface area contributed by atoms with Crippen molar-refractivity contribution in [2.24, 2.45) is 0 Å². The van der Waals surface area contributed by atoms with Gasteiger partial charge in [-0.25, -0.2) is 4.98 Å². The highest BCUT2D eigenvalue weighted by molar-refractivity contribution is 6.42. The first kappa shape index (κ1) is 15.1. The van der Waals surface area contributed by atoms with Crippen LogP contribution in [0.4, 0.5) is 0 Å². The summed E-state index contributed by atoms with van der Waals surface area (Å²) in [4.78, 5) is 4.40. The highest BCUT2D eigenvalue weighted by Crippen LogP contribution is 2.34. The standard InChI is InChI=1S/C15H15Cl2NO2/c1-2-4-11-7-10(9-19)8-14(18-11)20-13-6-3-5-12(16)15(13)17/h3,5-8,19H,2,4,9H2,1H3. The summed E-state index contributed by atoms with van der Waals surface area (Å²) in [5.74, 6) is 0.855. The van der Waals surface area contributed by atoms with Gasteiger partial charge in [-0.3, -0.25) is 0 Å². The van der Waals surface area contributed by atoms with Crippen molar-refractivity contribution in [2.45, 2.75) is 26.4 Å². The van der Waals surface area contributed by atoms with Crippen LogP contribution in [0.3, 0.4) is 0 Å². The lowest BCUT2D eigenvalue weighted by atomic mass is 10.2. The number of halogens is 2. The zero-order chi connectivity index (χ0) is 14.5. The topological polar surface area (TPSA) is 42.4 Å². The van der Waals surface area contributed by atoms with Crippen LogP contribution in [0.2, 0.25) is 10.0 Å². The van der Waals surface area contributed by atoms with Crippen molar-refractivity contribution in [2.75, 3.05) is 0 Å². The Morgan fingerprint density at radius 1 is 1.25 bits per heavy atom. The van der Waals surface area contributed by atoms with Gasteiger partial charge in [0.15, 0.2) is 0 Å². The molecule has 106 valence electrons. The Balaban J connectivity index is 2.32. The first-order valence-electron chi connectivity index (χ1n) is 6.36. The Kier molecular flexibility index (Phi) is 5.24. The third-order valence-corrected chi connectivity index (χ3v) is 3.54. The van der Waals surface area contributed by atoms with Gasteiger partial charge in [0.2, 0.25) is 5.88 Å². The molecule has 1 heterocycles. The van der Waals surface area contributed by atoms with Crippen molar-refractivity contribution in [3.8, 4) is 11.6 Å². The Hall–Kier alpha value is -1.29. The van der Waals surface area contributed by atoms with E-state index in [0.717, 1.165) is 24.1 Å². The lowest BCUT2D eigenvalue weighted by molar-refractivity contribution is 0.280. The van der Waals surface area contributed by atoms with Gasteiger partial charge in [0.1, 0.15) is 10.8 Å². The number of ether oxygens (including phenoxy) is 1. The summed E-state index contributed by atoms with van der Waals surface area (Å²) in [7, 11) is 0. The van der Waals surface area contributed by atoms with Crippen LogP contribution in [-0.2, 0) is 13.0 Å². The first-order valence-corrected chi connectivity index (χ1v) is 7.12. The van der Waals surface area contributed by atoms with Gasteiger partial charge in [0.05, 0.1) is 11.6 Å². The molecule has 1 N–H and O–H groups in total. The van der Waals surface area contributed by atoms with Gasteiger partial charge in [0, 0.05) is 11.8 Å². The maximum absolute atomic E-state index is 9.29. The quantitative estimate of drug-likeness (QED) is 0.875. The molecular weight excluding hydrogens is 297 g/mol. The molecule has 0 aliphatic rings. The summed E-state index contributed by atoms with van der Waals surface area (Å²) in [6.45, 7) is 2.01. The SMILES string of the molecule is CCCc1cc(CO)cc(Oc2cccc(Cl)c2Cl)n1. The van der Waals surface area contributed by atoms with Gasteiger partial charge in [-0.15, -0.1) is 0 Å². The minimum atomic E-state index is -0.0567. The van der Waals surface area contributed by atoms with Crippen molar-refractivity contribution in [1.29, 1.82) is 0 Å². The summed E-state index contributed by atoms with van der Waals surface area (Å²) >= 11 is 12.0. The van der Waals surface area contributed by atoms with Crippen molar-refractivity contribution >= 4 is 23.2 Å². The Labute approximate surface area is 128 Å². The number of aromatic nitrogens is 1. The lowest BCUT2D eigenvalue weighted by Gasteiger charge is -2.10. The number of pyridine rings is 1. The molecule has 1 aromatic carbocycles. The maximum atomic E-state index is 9.29. The average molecular weight is 312 g/mol. The number of hydrogen-bond donors (Lipinski definition) is 1.